The van der Waals surface area contributed by atoms with Crippen LogP contribution in [-0.2, 0) is 0 Å². The average Bonchev–Trinajstić information content (AvgIpc) is 2.71. The highest BCUT2D eigenvalue weighted by molar-refractivity contribution is 7.71. The topological polar surface area (TPSA) is 33.6 Å². The summed E-state index contributed by atoms with van der Waals surface area (Å²) in [4.78, 5) is 7.27. The molecule has 0 fully saturated rings. The molecule has 19 heavy (non-hydrogen) atoms. The molecule has 0 saturated carbocycles. The standard InChI is InChI=1S/C13H9F2N3S/c1-7-4-5-16-12-11(7)17-13(19)18(12)8-2-3-9(14)10(15)6-8/h2-6H,1H3,(H,17,19). The van der Waals surface area contributed by atoms with Crippen LogP contribution in [0.5, 0.6) is 0 Å². The smallest absolute Gasteiger partial charge is 0.184 e. The summed E-state index contributed by atoms with van der Waals surface area (Å²) in [6, 6.07) is 5.48. The third-order valence-corrected chi connectivity index (χ3v) is 3.23. The van der Waals surface area contributed by atoms with Crippen LogP contribution >= 0.6 is 12.2 Å². The van der Waals surface area contributed by atoms with Crippen LogP contribution in [0.1, 0.15) is 5.56 Å². The van der Waals surface area contributed by atoms with Gasteiger partial charge >= 0.3 is 0 Å². The van der Waals surface area contributed by atoms with Gasteiger partial charge < -0.3 is 4.98 Å². The van der Waals surface area contributed by atoms with Crippen molar-refractivity contribution in [1.82, 2.24) is 14.5 Å². The molecule has 0 aliphatic rings. The molecule has 0 spiro atoms. The molecule has 3 aromatic rings. The summed E-state index contributed by atoms with van der Waals surface area (Å²) in [5.41, 5.74) is 2.80. The normalized spacial score (nSPS) is 11.1. The number of imidazole rings is 1. The zero-order valence-corrected chi connectivity index (χ0v) is 10.8. The van der Waals surface area contributed by atoms with E-state index in [4.69, 9.17) is 12.2 Å². The third kappa shape index (κ3) is 1.84. The van der Waals surface area contributed by atoms with Crippen molar-refractivity contribution in [3.05, 3.63) is 52.4 Å². The van der Waals surface area contributed by atoms with E-state index in [1.54, 1.807) is 10.8 Å². The van der Waals surface area contributed by atoms with E-state index in [1.807, 2.05) is 13.0 Å². The number of nitrogens with zero attached hydrogens (tertiary/aromatic N) is 2. The van der Waals surface area contributed by atoms with Gasteiger partial charge in [-0.2, -0.15) is 0 Å². The number of aryl methyl sites for hydroxylation is 1. The number of rotatable bonds is 1. The summed E-state index contributed by atoms with van der Waals surface area (Å²) < 4.78 is 28.3. The molecule has 0 atom stereocenters. The molecule has 3 nitrogen and oxygen atoms in total. The van der Waals surface area contributed by atoms with Gasteiger partial charge in [0.15, 0.2) is 22.1 Å². The predicted molar refractivity (Wildman–Crippen MR) is 70.9 cm³/mol. The fourth-order valence-corrected chi connectivity index (χ4v) is 2.28. The quantitative estimate of drug-likeness (QED) is 0.688. The van der Waals surface area contributed by atoms with Crippen LogP contribution in [0, 0.1) is 23.3 Å². The molecule has 0 saturated heterocycles. The molecule has 2 aromatic heterocycles. The largest absolute Gasteiger partial charge is 0.329 e. The molecule has 1 aromatic carbocycles. The van der Waals surface area contributed by atoms with Gasteiger partial charge in [-0.25, -0.2) is 13.8 Å². The van der Waals surface area contributed by atoms with Crippen LogP contribution in [0.25, 0.3) is 16.9 Å². The fraction of sp³-hybridized carbons (Fsp3) is 0.0769. The molecular weight excluding hydrogens is 268 g/mol. The first-order chi connectivity index (χ1) is 9.08. The van der Waals surface area contributed by atoms with Crippen molar-refractivity contribution < 1.29 is 8.78 Å². The van der Waals surface area contributed by atoms with E-state index >= 15 is 0 Å². The molecule has 0 aliphatic heterocycles. The van der Waals surface area contributed by atoms with E-state index < -0.39 is 11.6 Å². The van der Waals surface area contributed by atoms with Crippen molar-refractivity contribution in [2.45, 2.75) is 6.92 Å². The van der Waals surface area contributed by atoms with E-state index in [1.165, 1.54) is 6.07 Å². The second-order valence-corrected chi connectivity index (χ2v) is 4.58. The van der Waals surface area contributed by atoms with Crippen LogP contribution in [0.2, 0.25) is 0 Å². The maximum atomic E-state index is 13.3. The summed E-state index contributed by atoms with van der Waals surface area (Å²) >= 11 is 5.22. The van der Waals surface area contributed by atoms with Crippen LogP contribution in [0.3, 0.4) is 0 Å². The zero-order chi connectivity index (χ0) is 13.6. The Labute approximate surface area is 112 Å². The first-order valence-electron chi connectivity index (χ1n) is 5.59. The Kier molecular flexibility index (Phi) is 2.67. The number of aromatic nitrogens is 3. The van der Waals surface area contributed by atoms with E-state index in [0.29, 0.717) is 16.1 Å². The molecule has 3 rings (SSSR count). The van der Waals surface area contributed by atoms with Gasteiger partial charge in [0.25, 0.3) is 0 Å². The molecule has 96 valence electrons. The van der Waals surface area contributed by atoms with Crippen LogP contribution < -0.4 is 0 Å². The van der Waals surface area contributed by atoms with Crippen molar-refractivity contribution >= 4 is 23.4 Å². The van der Waals surface area contributed by atoms with E-state index in [9.17, 15) is 8.78 Å². The average molecular weight is 277 g/mol. The SMILES string of the molecule is Cc1ccnc2c1[nH]c(=S)n2-c1ccc(F)c(F)c1. The lowest BCUT2D eigenvalue weighted by atomic mass is 10.2. The second kappa shape index (κ2) is 4.24. The number of nitrogens with one attached hydrogen (secondary N) is 1. The molecule has 0 radical (unpaired) electrons. The lowest BCUT2D eigenvalue weighted by Crippen LogP contribution is -1.97. The minimum atomic E-state index is -0.915. The highest BCUT2D eigenvalue weighted by Crippen LogP contribution is 2.21. The first-order valence-corrected chi connectivity index (χ1v) is 6.00. The second-order valence-electron chi connectivity index (χ2n) is 4.19. The maximum Gasteiger partial charge on any atom is 0.184 e. The lowest BCUT2D eigenvalue weighted by molar-refractivity contribution is 0.508. The molecule has 0 aliphatic carbocycles. The Bertz CT molecular complexity index is 836. The highest BCUT2D eigenvalue weighted by atomic mass is 32.1. The summed E-state index contributed by atoms with van der Waals surface area (Å²) in [6.07, 6.45) is 1.65. The molecule has 0 bridgehead atoms. The summed E-state index contributed by atoms with van der Waals surface area (Å²) in [7, 11) is 0. The van der Waals surface area contributed by atoms with Gasteiger partial charge in [-0.05, 0) is 42.9 Å². The van der Waals surface area contributed by atoms with Gasteiger partial charge in [0.1, 0.15) is 0 Å². The Morgan fingerprint density at radius 2 is 2.00 bits per heavy atom. The van der Waals surface area contributed by atoms with Crippen molar-refractivity contribution in [2.24, 2.45) is 0 Å². The van der Waals surface area contributed by atoms with Gasteiger partial charge in [-0.15, -0.1) is 0 Å². The molecule has 0 amide bonds. The number of fused-ring (bicyclic) bond motifs is 1. The maximum absolute atomic E-state index is 13.3. The van der Waals surface area contributed by atoms with E-state index in [2.05, 4.69) is 9.97 Å². The van der Waals surface area contributed by atoms with Gasteiger partial charge in [-0.1, -0.05) is 0 Å². The molecular formula is C13H9F2N3S. The van der Waals surface area contributed by atoms with E-state index in [-0.39, 0.29) is 0 Å². The number of pyridine rings is 1. The van der Waals surface area contributed by atoms with Crippen LogP contribution in [0.15, 0.2) is 30.5 Å². The number of aromatic amines is 1. The first kappa shape index (κ1) is 12.0. The van der Waals surface area contributed by atoms with Gasteiger partial charge in [0, 0.05) is 12.3 Å². The van der Waals surface area contributed by atoms with Crippen LogP contribution in [0.4, 0.5) is 8.78 Å². The van der Waals surface area contributed by atoms with Gasteiger partial charge in [0.2, 0.25) is 0 Å². The summed E-state index contributed by atoms with van der Waals surface area (Å²) in [6.45, 7) is 1.92. The minimum absolute atomic E-state index is 0.391. The van der Waals surface area contributed by atoms with Crippen molar-refractivity contribution in [3.63, 3.8) is 0 Å². The molecule has 1 N–H and O–H groups in total. The van der Waals surface area contributed by atoms with E-state index in [0.717, 1.165) is 23.2 Å². The number of H-pyrrole nitrogens is 1. The minimum Gasteiger partial charge on any atom is -0.329 e. The summed E-state index contributed by atoms with van der Waals surface area (Å²) in [5.74, 6) is -1.80. The fourth-order valence-electron chi connectivity index (χ4n) is 1.99. The Hall–Kier alpha value is -2.08. The Morgan fingerprint density at radius 3 is 2.74 bits per heavy atom. The molecule has 0 unspecified atom stereocenters. The van der Waals surface area contributed by atoms with Gasteiger partial charge in [0.05, 0.1) is 11.2 Å². The van der Waals surface area contributed by atoms with Crippen molar-refractivity contribution in [2.75, 3.05) is 0 Å². The Morgan fingerprint density at radius 1 is 1.21 bits per heavy atom. The number of halogens is 2. The van der Waals surface area contributed by atoms with Crippen molar-refractivity contribution in [3.8, 4) is 5.69 Å². The lowest BCUT2D eigenvalue weighted by Gasteiger charge is -2.04. The number of hydrogen-bond donors (Lipinski definition) is 1. The van der Waals surface area contributed by atoms with Crippen LogP contribution in [-0.4, -0.2) is 14.5 Å². The summed E-state index contributed by atoms with van der Waals surface area (Å²) in [5, 5.41) is 0. The third-order valence-electron chi connectivity index (χ3n) is 2.95. The Balaban J connectivity index is 2.36. The monoisotopic (exact) mass is 277 g/mol. The van der Waals surface area contributed by atoms with Crippen molar-refractivity contribution in [1.29, 1.82) is 0 Å². The number of benzene rings is 1. The van der Waals surface area contributed by atoms with Gasteiger partial charge in [-0.3, -0.25) is 4.57 Å². The molecule has 6 heteroatoms. The predicted octanol–water partition coefficient (Wildman–Crippen LogP) is 3.67. The number of hydrogen-bond acceptors (Lipinski definition) is 2. The molecule has 2 heterocycles. The highest BCUT2D eigenvalue weighted by Gasteiger charge is 2.11. The zero-order valence-electron chi connectivity index (χ0n) is 9.95.